The van der Waals surface area contributed by atoms with Crippen molar-refractivity contribution in [1.29, 1.82) is 0 Å². The number of hydrogen-bond donors (Lipinski definition) is 3. The molecule has 0 aliphatic carbocycles. The summed E-state index contributed by atoms with van der Waals surface area (Å²) in [6, 6.07) is 16.8. The van der Waals surface area contributed by atoms with Crippen molar-refractivity contribution in [3.63, 3.8) is 0 Å². The van der Waals surface area contributed by atoms with Crippen LogP contribution in [-0.2, 0) is 22.1 Å². The highest BCUT2D eigenvalue weighted by Crippen LogP contribution is 2.35. The van der Waals surface area contributed by atoms with Gasteiger partial charge in [-0.3, -0.25) is 5.01 Å². The summed E-state index contributed by atoms with van der Waals surface area (Å²) >= 11 is 0. The molecule has 0 unspecified atom stereocenters. The van der Waals surface area contributed by atoms with Crippen LogP contribution in [0.4, 0.5) is 24.7 Å². The van der Waals surface area contributed by atoms with Gasteiger partial charge in [0, 0.05) is 49.7 Å². The first kappa shape index (κ1) is 30.9. The van der Waals surface area contributed by atoms with Gasteiger partial charge < -0.3 is 29.7 Å². The molecule has 3 aromatic carbocycles. The number of anilines is 2. The molecule has 0 atom stereocenters. The summed E-state index contributed by atoms with van der Waals surface area (Å²) < 4.78 is 61.2. The van der Waals surface area contributed by atoms with Crippen LogP contribution >= 0.6 is 0 Å². The fraction of sp³-hybridized carbons (Fsp3) is 0.290. The highest BCUT2D eigenvalue weighted by Gasteiger charge is 2.30. The van der Waals surface area contributed by atoms with Crippen LogP contribution in [0.15, 0.2) is 73.2 Å². The highest BCUT2D eigenvalue weighted by atomic mass is 19.4. The monoisotopic (exact) mass is 610 g/mol. The number of ether oxygens (including phenoxy) is 4. The third-order valence-corrected chi connectivity index (χ3v) is 6.74. The molecule has 1 aliphatic rings. The van der Waals surface area contributed by atoms with Crippen LogP contribution in [0, 0.1) is 0 Å². The number of alkyl halides is 3. The standard InChI is InChI=1S/C31H33F3N6O4/c1-41-11-13-43-28-17-25-26(18-29(28)44-14-12-42-2)35-20-36-30(25)37-24-8-4-6-22(16-24)27-19-40(39-38-27)10-9-21-5-3-7-23(15-21)31(32,33)34/h3-8,15-20,38-39H,9-14H2,1-2H3,(H,35,36,37). The van der Waals surface area contributed by atoms with Crippen LogP contribution in [0.2, 0.25) is 0 Å². The molecule has 3 N–H and O–H groups in total. The Morgan fingerprint density at radius 1 is 0.864 bits per heavy atom. The van der Waals surface area contributed by atoms with Crippen molar-refractivity contribution >= 4 is 28.1 Å². The average Bonchev–Trinajstić information content (AvgIpc) is 3.50. The topological polar surface area (TPSA) is 102 Å². The average molecular weight is 611 g/mol. The molecule has 2 heterocycles. The van der Waals surface area contributed by atoms with Crippen molar-refractivity contribution < 1.29 is 32.1 Å². The third-order valence-electron chi connectivity index (χ3n) is 6.74. The number of hydrogen-bond acceptors (Lipinski definition) is 10. The summed E-state index contributed by atoms with van der Waals surface area (Å²) in [5.74, 6) is 1.66. The number of aromatic nitrogens is 2. The van der Waals surface area contributed by atoms with Crippen molar-refractivity contribution in [2.75, 3.05) is 52.5 Å². The zero-order chi connectivity index (χ0) is 30.9. The molecule has 0 saturated heterocycles. The van der Waals surface area contributed by atoms with E-state index in [0.717, 1.165) is 28.4 Å². The maximum Gasteiger partial charge on any atom is 0.416 e. The van der Waals surface area contributed by atoms with Crippen LogP contribution in [0.1, 0.15) is 16.7 Å². The summed E-state index contributed by atoms with van der Waals surface area (Å²) in [4.78, 5) is 8.90. The lowest BCUT2D eigenvalue weighted by Gasteiger charge is -2.15. The van der Waals surface area contributed by atoms with Crippen molar-refractivity contribution in [3.8, 4) is 11.5 Å². The van der Waals surface area contributed by atoms with Crippen molar-refractivity contribution in [3.05, 3.63) is 89.9 Å². The Labute approximate surface area is 252 Å². The molecule has 0 fully saturated rings. The van der Waals surface area contributed by atoms with Gasteiger partial charge in [-0.15, -0.1) is 5.53 Å². The molecule has 232 valence electrons. The Kier molecular flexibility index (Phi) is 10.00. The molecular weight excluding hydrogens is 577 g/mol. The molecule has 5 rings (SSSR count). The Balaban J connectivity index is 1.30. The Morgan fingerprint density at radius 2 is 1.61 bits per heavy atom. The minimum atomic E-state index is -4.37. The second kappa shape index (κ2) is 14.3. The van der Waals surface area contributed by atoms with E-state index >= 15 is 0 Å². The van der Waals surface area contributed by atoms with Crippen molar-refractivity contribution in [2.24, 2.45) is 0 Å². The van der Waals surface area contributed by atoms with Crippen LogP contribution < -0.4 is 25.8 Å². The van der Waals surface area contributed by atoms with Gasteiger partial charge in [0.2, 0.25) is 0 Å². The first-order valence-electron chi connectivity index (χ1n) is 13.9. The van der Waals surface area contributed by atoms with Gasteiger partial charge in [-0.1, -0.05) is 30.3 Å². The molecule has 44 heavy (non-hydrogen) atoms. The predicted molar refractivity (Wildman–Crippen MR) is 160 cm³/mol. The smallest absolute Gasteiger partial charge is 0.416 e. The molecular formula is C31H33F3N6O4. The Bertz CT molecular complexity index is 1600. The summed E-state index contributed by atoms with van der Waals surface area (Å²) in [5, 5.41) is 5.92. The number of fused-ring (bicyclic) bond motifs is 1. The second-order valence-electron chi connectivity index (χ2n) is 9.85. The van der Waals surface area contributed by atoms with E-state index in [2.05, 4.69) is 26.2 Å². The van der Waals surface area contributed by atoms with Crippen LogP contribution in [0.25, 0.3) is 16.6 Å². The number of nitrogens with one attached hydrogen (secondary N) is 3. The molecule has 1 aromatic heterocycles. The van der Waals surface area contributed by atoms with Gasteiger partial charge >= 0.3 is 6.18 Å². The maximum absolute atomic E-state index is 13.1. The van der Waals surface area contributed by atoms with E-state index in [1.165, 1.54) is 18.5 Å². The highest BCUT2D eigenvalue weighted by molar-refractivity contribution is 5.93. The summed E-state index contributed by atoms with van der Waals surface area (Å²) in [6.07, 6.45) is -0.579. The summed E-state index contributed by atoms with van der Waals surface area (Å²) in [7, 11) is 3.21. The van der Waals surface area contributed by atoms with Gasteiger partial charge in [-0.05, 0) is 36.2 Å². The third kappa shape index (κ3) is 7.86. The van der Waals surface area contributed by atoms with E-state index < -0.39 is 11.7 Å². The number of rotatable bonds is 14. The minimum Gasteiger partial charge on any atom is -0.487 e. The van der Waals surface area contributed by atoms with E-state index in [0.29, 0.717) is 67.8 Å². The molecule has 0 radical (unpaired) electrons. The van der Waals surface area contributed by atoms with E-state index in [1.807, 2.05) is 42.6 Å². The van der Waals surface area contributed by atoms with Gasteiger partial charge in [-0.2, -0.15) is 13.2 Å². The minimum absolute atomic E-state index is 0.342. The maximum atomic E-state index is 13.1. The number of hydrazine groups is 2. The number of nitrogens with zero attached hydrogens (tertiary/aromatic N) is 3. The van der Waals surface area contributed by atoms with E-state index in [4.69, 9.17) is 18.9 Å². The molecule has 0 saturated carbocycles. The molecule has 0 bridgehead atoms. The quantitative estimate of drug-likeness (QED) is 0.163. The second-order valence-corrected chi connectivity index (χ2v) is 9.85. The zero-order valence-corrected chi connectivity index (χ0v) is 24.3. The van der Waals surface area contributed by atoms with Gasteiger partial charge in [-0.25, -0.2) is 9.97 Å². The summed E-state index contributed by atoms with van der Waals surface area (Å²) in [5.41, 5.74) is 9.28. The number of methoxy groups -OCH3 is 2. The Hall–Kier alpha value is -4.59. The SMILES string of the molecule is COCCOc1cc2ncnc(Nc3cccc(C4=CN(CCc5cccc(C(F)(F)F)c5)NN4)c3)c2cc1OCCOC. The van der Waals surface area contributed by atoms with Gasteiger partial charge in [0.1, 0.15) is 25.4 Å². The molecule has 0 amide bonds. The fourth-order valence-electron chi connectivity index (χ4n) is 4.53. The van der Waals surface area contributed by atoms with E-state index in [1.54, 1.807) is 25.3 Å². The first-order valence-corrected chi connectivity index (χ1v) is 13.9. The van der Waals surface area contributed by atoms with Gasteiger partial charge in [0.05, 0.1) is 30.0 Å². The zero-order valence-electron chi connectivity index (χ0n) is 24.3. The predicted octanol–water partition coefficient (Wildman–Crippen LogP) is 5.31. The summed E-state index contributed by atoms with van der Waals surface area (Å²) in [6.45, 7) is 2.01. The van der Waals surface area contributed by atoms with Gasteiger partial charge in [0.15, 0.2) is 11.5 Å². The van der Waals surface area contributed by atoms with E-state index in [-0.39, 0.29) is 0 Å². The number of benzene rings is 3. The van der Waals surface area contributed by atoms with Gasteiger partial charge in [0.25, 0.3) is 0 Å². The Morgan fingerprint density at radius 3 is 2.36 bits per heavy atom. The molecule has 4 aromatic rings. The first-order chi connectivity index (χ1) is 21.3. The lowest BCUT2D eigenvalue weighted by atomic mass is 10.1. The lowest BCUT2D eigenvalue weighted by Crippen LogP contribution is -2.37. The van der Waals surface area contributed by atoms with Crippen LogP contribution in [-0.4, -0.2) is 62.2 Å². The lowest BCUT2D eigenvalue weighted by molar-refractivity contribution is -0.137. The number of halogens is 3. The largest absolute Gasteiger partial charge is 0.487 e. The van der Waals surface area contributed by atoms with Crippen molar-refractivity contribution in [1.82, 2.24) is 25.9 Å². The molecule has 13 heteroatoms. The molecule has 1 aliphatic heterocycles. The normalized spacial score (nSPS) is 13.1. The van der Waals surface area contributed by atoms with Crippen LogP contribution in [0.5, 0.6) is 11.5 Å². The fourth-order valence-corrected chi connectivity index (χ4v) is 4.53. The molecule has 0 spiro atoms. The molecule has 10 nitrogen and oxygen atoms in total. The van der Waals surface area contributed by atoms with Crippen molar-refractivity contribution in [2.45, 2.75) is 12.6 Å². The van der Waals surface area contributed by atoms with E-state index in [9.17, 15) is 13.2 Å². The van der Waals surface area contributed by atoms with Crippen LogP contribution in [0.3, 0.4) is 0 Å².